The van der Waals surface area contributed by atoms with E-state index in [1.807, 2.05) is 30.6 Å². The molecular formula is C13H22N2O3. The van der Waals surface area contributed by atoms with Crippen molar-refractivity contribution >= 4 is 12.0 Å². The van der Waals surface area contributed by atoms with Crippen LogP contribution in [0.25, 0.3) is 0 Å². The summed E-state index contributed by atoms with van der Waals surface area (Å²) in [6, 6.07) is 0.0408. The van der Waals surface area contributed by atoms with Gasteiger partial charge in [-0.25, -0.2) is 4.79 Å². The Bertz CT molecular complexity index is 362. The first-order valence-electron chi connectivity index (χ1n) is 6.52. The smallest absolute Gasteiger partial charge is 0.320 e. The van der Waals surface area contributed by atoms with E-state index < -0.39 is 0 Å². The predicted molar refractivity (Wildman–Crippen MR) is 67.1 cm³/mol. The van der Waals surface area contributed by atoms with Crippen LogP contribution in [0.2, 0.25) is 0 Å². The molecular weight excluding hydrogens is 232 g/mol. The zero-order chi connectivity index (χ0) is 13.5. The minimum atomic E-state index is -0.199. The summed E-state index contributed by atoms with van der Waals surface area (Å²) in [5, 5.41) is 0. The molecule has 0 aromatic heterocycles. The molecule has 0 aromatic rings. The number of ether oxygens (including phenoxy) is 1. The zero-order valence-electron chi connectivity index (χ0n) is 11.6. The molecule has 2 heterocycles. The maximum absolute atomic E-state index is 12.3. The molecule has 2 aliphatic rings. The minimum absolute atomic E-state index is 0.0158. The van der Waals surface area contributed by atoms with Crippen LogP contribution in [0, 0.1) is 5.92 Å². The van der Waals surface area contributed by atoms with Crippen LogP contribution in [-0.2, 0) is 9.53 Å². The van der Waals surface area contributed by atoms with E-state index in [1.54, 1.807) is 0 Å². The van der Waals surface area contributed by atoms with Crippen molar-refractivity contribution in [3.8, 4) is 0 Å². The Morgan fingerprint density at radius 2 is 2.06 bits per heavy atom. The van der Waals surface area contributed by atoms with Crippen molar-refractivity contribution in [1.82, 2.24) is 9.80 Å². The van der Waals surface area contributed by atoms with E-state index in [0.717, 1.165) is 19.4 Å². The number of methoxy groups -OCH3 is 1. The van der Waals surface area contributed by atoms with Gasteiger partial charge in [0.05, 0.1) is 19.1 Å². The topological polar surface area (TPSA) is 49.9 Å². The summed E-state index contributed by atoms with van der Waals surface area (Å²) in [5.74, 6) is -0.353. The lowest BCUT2D eigenvalue weighted by Crippen LogP contribution is -2.47. The molecule has 2 rings (SSSR count). The van der Waals surface area contributed by atoms with Gasteiger partial charge in [-0.1, -0.05) is 0 Å². The Labute approximate surface area is 108 Å². The first-order valence-corrected chi connectivity index (χ1v) is 6.52. The van der Waals surface area contributed by atoms with E-state index in [9.17, 15) is 9.59 Å². The molecule has 2 atom stereocenters. The summed E-state index contributed by atoms with van der Waals surface area (Å²) in [4.78, 5) is 27.8. The second-order valence-corrected chi connectivity index (χ2v) is 6.10. The van der Waals surface area contributed by atoms with Gasteiger partial charge in [0.1, 0.15) is 0 Å². The molecule has 2 saturated heterocycles. The van der Waals surface area contributed by atoms with Crippen LogP contribution in [-0.4, -0.2) is 53.6 Å². The number of carbonyl (C=O) groups is 2. The molecule has 18 heavy (non-hydrogen) atoms. The van der Waals surface area contributed by atoms with Crippen molar-refractivity contribution in [2.24, 2.45) is 5.92 Å². The summed E-state index contributed by atoms with van der Waals surface area (Å²) in [6.07, 6.45) is 1.69. The van der Waals surface area contributed by atoms with Gasteiger partial charge in [0.2, 0.25) is 0 Å². The second-order valence-electron chi connectivity index (χ2n) is 6.10. The van der Waals surface area contributed by atoms with Crippen molar-refractivity contribution in [3.63, 3.8) is 0 Å². The molecule has 102 valence electrons. The fourth-order valence-electron chi connectivity index (χ4n) is 2.93. The van der Waals surface area contributed by atoms with E-state index in [-0.39, 0.29) is 29.5 Å². The van der Waals surface area contributed by atoms with Gasteiger partial charge in [0, 0.05) is 18.6 Å². The van der Waals surface area contributed by atoms with Crippen LogP contribution in [0.5, 0.6) is 0 Å². The standard InChI is InChI=1S/C13H22N2O3/c1-13(2,3)15-8-10-9(11(16)18-4)6-5-7-14(10)12(15)17/h9-10H,5-8H2,1-4H3. The third-order valence-electron chi connectivity index (χ3n) is 3.94. The minimum Gasteiger partial charge on any atom is -0.469 e. The number of carbonyl (C=O) groups excluding carboxylic acids is 2. The molecule has 2 fully saturated rings. The van der Waals surface area contributed by atoms with E-state index in [2.05, 4.69) is 0 Å². The van der Waals surface area contributed by atoms with Gasteiger partial charge in [0.25, 0.3) is 0 Å². The number of hydrogen-bond acceptors (Lipinski definition) is 3. The maximum atomic E-state index is 12.3. The second kappa shape index (κ2) is 4.44. The number of esters is 1. The van der Waals surface area contributed by atoms with Crippen LogP contribution in [0.15, 0.2) is 0 Å². The summed E-state index contributed by atoms with van der Waals surface area (Å²) in [6.45, 7) is 7.45. The molecule has 5 heteroatoms. The van der Waals surface area contributed by atoms with Crippen LogP contribution < -0.4 is 0 Å². The average molecular weight is 254 g/mol. The highest BCUT2D eigenvalue weighted by Crippen LogP contribution is 2.34. The quantitative estimate of drug-likeness (QED) is 0.666. The van der Waals surface area contributed by atoms with Crippen molar-refractivity contribution in [2.75, 3.05) is 20.2 Å². The lowest BCUT2D eigenvalue weighted by molar-refractivity contribution is -0.148. The Balaban J connectivity index is 2.21. The fourth-order valence-corrected chi connectivity index (χ4v) is 2.93. The van der Waals surface area contributed by atoms with E-state index in [0.29, 0.717) is 6.54 Å². The molecule has 0 saturated carbocycles. The fraction of sp³-hybridized carbons (Fsp3) is 0.846. The van der Waals surface area contributed by atoms with Crippen molar-refractivity contribution in [1.29, 1.82) is 0 Å². The summed E-state index contributed by atoms with van der Waals surface area (Å²) in [5.41, 5.74) is -0.199. The summed E-state index contributed by atoms with van der Waals surface area (Å²) < 4.78 is 4.86. The largest absolute Gasteiger partial charge is 0.469 e. The van der Waals surface area contributed by atoms with Crippen molar-refractivity contribution in [2.45, 2.75) is 45.2 Å². The highest BCUT2D eigenvalue weighted by molar-refractivity contribution is 5.81. The normalized spacial score (nSPS) is 28.3. The molecule has 0 spiro atoms. The number of urea groups is 1. The third-order valence-corrected chi connectivity index (χ3v) is 3.94. The molecule has 5 nitrogen and oxygen atoms in total. The lowest BCUT2D eigenvalue weighted by atomic mass is 9.90. The van der Waals surface area contributed by atoms with Gasteiger partial charge in [-0.15, -0.1) is 0 Å². The van der Waals surface area contributed by atoms with Gasteiger partial charge in [-0.2, -0.15) is 0 Å². The van der Waals surface area contributed by atoms with E-state index in [1.165, 1.54) is 7.11 Å². The van der Waals surface area contributed by atoms with E-state index >= 15 is 0 Å². The summed E-state index contributed by atoms with van der Waals surface area (Å²) in [7, 11) is 1.42. The molecule has 2 unspecified atom stereocenters. The number of nitrogens with zero attached hydrogens (tertiary/aromatic N) is 2. The molecule has 0 N–H and O–H groups in total. The van der Waals surface area contributed by atoms with Crippen LogP contribution in [0.3, 0.4) is 0 Å². The molecule has 0 bridgehead atoms. The van der Waals surface area contributed by atoms with Crippen LogP contribution in [0.4, 0.5) is 4.79 Å². The number of rotatable bonds is 1. The Hall–Kier alpha value is -1.26. The monoisotopic (exact) mass is 254 g/mol. The number of fused-ring (bicyclic) bond motifs is 1. The van der Waals surface area contributed by atoms with Gasteiger partial charge in [-0.3, -0.25) is 4.79 Å². The Morgan fingerprint density at radius 3 is 2.61 bits per heavy atom. The van der Waals surface area contributed by atoms with Crippen LogP contribution >= 0.6 is 0 Å². The Kier molecular flexibility index (Phi) is 3.25. The van der Waals surface area contributed by atoms with Gasteiger partial charge < -0.3 is 14.5 Å². The highest BCUT2D eigenvalue weighted by atomic mass is 16.5. The van der Waals surface area contributed by atoms with Gasteiger partial charge >= 0.3 is 12.0 Å². The molecule has 0 radical (unpaired) electrons. The van der Waals surface area contributed by atoms with E-state index in [4.69, 9.17) is 4.74 Å². The molecule has 2 aliphatic heterocycles. The van der Waals surface area contributed by atoms with Crippen molar-refractivity contribution in [3.05, 3.63) is 0 Å². The lowest BCUT2D eigenvalue weighted by Gasteiger charge is -2.33. The number of hydrogen-bond donors (Lipinski definition) is 0. The Morgan fingerprint density at radius 1 is 1.39 bits per heavy atom. The molecule has 2 amide bonds. The molecule has 0 aromatic carbocycles. The predicted octanol–water partition coefficient (Wildman–Crippen LogP) is 1.47. The number of piperidine rings is 1. The van der Waals surface area contributed by atoms with Crippen molar-refractivity contribution < 1.29 is 14.3 Å². The van der Waals surface area contributed by atoms with Crippen LogP contribution in [0.1, 0.15) is 33.6 Å². The van der Waals surface area contributed by atoms with Gasteiger partial charge in [0.15, 0.2) is 0 Å². The third kappa shape index (κ3) is 2.06. The number of amides is 2. The maximum Gasteiger partial charge on any atom is 0.320 e. The first kappa shape index (κ1) is 13.2. The van der Waals surface area contributed by atoms with Gasteiger partial charge in [-0.05, 0) is 33.6 Å². The average Bonchev–Trinajstić information content (AvgIpc) is 2.66. The first-order chi connectivity index (χ1) is 8.36. The zero-order valence-corrected chi connectivity index (χ0v) is 11.6. The highest BCUT2D eigenvalue weighted by Gasteiger charge is 2.48. The summed E-state index contributed by atoms with van der Waals surface area (Å²) >= 11 is 0. The SMILES string of the molecule is COC(=O)C1CCCN2C(=O)N(C(C)(C)C)CC12. The molecule has 0 aliphatic carbocycles.